The zero-order valence-electron chi connectivity index (χ0n) is 17.2. The average molecular weight is 439 g/mol. The molecule has 160 valence electrons. The standard InChI is InChI=1S/C24H23ClN2O4/c1-16(21-8-3-4-9-22(21)25)26-24(29)17-10-12-19(13-11-17)31-15-23(28)27-18-6-5-7-20(14-18)30-2/h3-14,16H,15H2,1-2H3,(H,26,29)(H,27,28). The van der Waals surface area contributed by atoms with Crippen LogP contribution < -0.4 is 20.1 Å². The van der Waals surface area contributed by atoms with Crippen LogP contribution in [0.2, 0.25) is 5.02 Å². The third-order valence-corrected chi connectivity index (χ3v) is 4.90. The number of carbonyl (C=O) groups is 2. The predicted octanol–water partition coefficient (Wildman–Crippen LogP) is 4.86. The van der Waals surface area contributed by atoms with Crippen LogP contribution in [0.1, 0.15) is 28.9 Å². The average Bonchev–Trinajstić information content (AvgIpc) is 2.78. The highest BCUT2D eigenvalue weighted by molar-refractivity contribution is 6.31. The Morgan fingerprint density at radius 3 is 2.42 bits per heavy atom. The number of nitrogens with one attached hydrogen (secondary N) is 2. The summed E-state index contributed by atoms with van der Waals surface area (Å²) < 4.78 is 10.6. The van der Waals surface area contributed by atoms with E-state index in [1.807, 2.05) is 25.1 Å². The number of halogens is 1. The van der Waals surface area contributed by atoms with E-state index in [4.69, 9.17) is 21.1 Å². The van der Waals surface area contributed by atoms with Gasteiger partial charge in [0.2, 0.25) is 0 Å². The van der Waals surface area contributed by atoms with Crippen molar-refractivity contribution in [3.63, 3.8) is 0 Å². The third kappa shape index (κ3) is 6.23. The molecular weight excluding hydrogens is 416 g/mol. The van der Waals surface area contributed by atoms with Gasteiger partial charge in [-0.25, -0.2) is 0 Å². The van der Waals surface area contributed by atoms with Crippen molar-refractivity contribution in [2.24, 2.45) is 0 Å². The Morgan fingerprint density at radius 2 is 1.71 bits per heavy atom. The van der Waals surface area contributed by atoms with Gasteiger partial charge in [-0.15, -0.1) is 0 Å². The van der Waals surface area contributed by atoms with E-state index in [-0.39, 0.29) is 24.5 Å². The molecule has 0 aliphatic heterocycles. The molecule has 1 unspecified atom stereocenters. The van der Waals surface area contributed by atoms with Crippen molar-refractivity contribution in [2.45, 2.75) is 13.0 Å². The molecule has 3 rings (SSSR count). The Morgan fingerprint density at radius 1 is 0.968 bits per heavy atom. The molecule has 1 atom stereocenters. The molecule has 3 aromatic carbocycles. The maximum absolute atomic E-state index is 12.5. The molecule has 0 aliphatic rings. The molecule has 3 aromatic rings. The van der Waals surface area contributed by atoms with Gasteiger partial charge in [0.25, 0.3) is 11.8 Å². The van der Waals surface area contributed by atoms with Crippen molar-refractivity contribution in [3.05, 3.63) is 88.9 Å². The Kier molecular flexibility index (Phi) is 7.51. The third-order valence-electron chi connectivity index (χ3n) is 4.56. The molecule has 0 saturated carbocycles. The van der Waals surface area contributed by atoms with Crippen molar-refractivity contribution in [1.82, 2.24) is 5.32 Å². The largest absolute Gasteiger partial charge is 0.497 e. The highest BCUT2D eigenvalue weighted by Gasteiger charge is 2.14. The van der Waals surface area contributed by atoms with Gasteiger partial charge >= 0.3 is 0 Å². The van der Waals surface area contributed by atoms with Crippen LogP contribution in [-0.2, 0) is 4.79 Å². The molecule has 0 bridgehead atoms. The molecule has 0 spiro atoms. The van der Waals surface area contributed by atoms with Crippen LogP contribution in [0.15, 0.2) is 72.8 Å². The molecule has 2 N–H and O–H groups in total. The van der Waals surface area contributed by atoms with E-state index in [0.29, 0.717) is 27.8 Å². The summed E-state index contributed by atoms with van der Waals surface area (Å²) in [6.07, 6.45) is 0. The lowest BCUT2D eigenvalue weighted by molar-refractivity contribution is -0.118. The minimum Gasteiger partial charge on any atom is -0.497 e. The number of methoxy groups -OCH3 is 1. The van der Waals surface area contributed by atoms with E-state index < -0.39 is 0 Å². The lowest BCUT2D eigenvalue weighted by Gasteiger charge is -2.16. The first kappa shape index (κ1) is 22.2. The minimum atomic E-state index is -0.302. The van der Waals surface area contributed by atoms with Crippen LogP contribution in [0.3, 0.4) is 0 Å². The number of benzene rings is 3. The van der Waals surface area contributed by atoms with Gasteiger partial charge < -0.3 is 20.1 Å². The van der Waals surface area contributed by atoms with E-state index in [9.17, 15) is 9.59 Å². The van der Waals surface area contributed by atoms with Crippen LogP contribution >= 0.6 is 11.6 Å². The Labute approximate surface area is 186 Å². The molecule has 0 heterocycles. The smallest absolute Gasteiger partial charge is 0.262 e. The molecule has 6 nitrogen and oxygen atoms in total. The number of rotatable bonds is 8. The van der Waals surface area contributed by atoms with Crippen LogP contribution in [0, 0.1) is 0 Å². The molecule has 0 aliphatic carbocycles. The quantitative estimate of drug-likeness (QED) is 0.526. The number of ether oxygens (including phenoxy) is 2. The fourth-order valence-electron chi connectivity index (χ4n) is 2.93. The summed E-state index contributed by atoms with van der Waals surface area (Å²) in [6.45, 7) is 1.71. The van der Waals surface area contributed by atoms with Crippen LogP contribution in [0.4, 0.5) is 5.69 Å². The van der Waals surface area contributed by atoms with Crippen molar-refractivity contribution >= 4 is 29.1 Å². The van der Waals surface area contributed by atoms with E-state index >= 15 is 0 Å². The van der Waals surface area contributed by atoms with Crippen molar-refractivity contribution in [3.8, 4) is 11.5 Å². The second kappa shape index (κ2) is 10.5. The molecule has 0 radical (unpaired) electrons. The Balaban J connectivity index is 1.52. The predicted molar refractivity (Wildman–Crippen MR) is 121 cm³/mol. The summed E-state index contributed by atoms with van der Waals surface area (Å²) >= 11 is 6.19. The molecule has 7 heteroatoms. The van der Waals surface area contributed by atoms with Crippen LogP contribution in [0.25, 0.3) is 0 Å². The number of hydrogen-bond donors (Lipinski definition) is 2. The maximum Gasteiger partial charge on any atom is 0.262 e. The summed E-state index contributed by atoms with van der Waals surface area (Å²) in [5.41, 5.74) is 1.94. The summed E-state index contributed by atoms with van der Waals surface area (Å²) in [5, 5.41) is 6.26. The van der Waals surface area contributed by atoms with Gasteiger partial charge in [0.05, 0.1) is 13.2 Å². The van der Waals surface area contributed by atoms with Gasteiger partial charge in [-0.1, -0.05) is 35.9 Å². The van der Waals surface area contributed by atoms with E-state index in [0.717, 1.165) is 5.56 Å². The van der Waals surface area contributed by atoms with Crippen molar-refractivity contribution in [1.29, 1.82) is 0 Å². The van der Waals surface area contributed by atoms with Crippen molar-refractivity contribution < 1.29 is 19.1 Å². The lowest BCUT2D eigenvalue weighted by Crippen LogP contribution is -2.26. The first-order valence-corrected chi connectivity index (χ1v) is 10.1. The first-order valence-electron chi connectivity index (χ1n) is 9.68. The number of anilines is 1. The summed E-state index contributed by atoms with van der Waals surface area (Å²) in [7, 11) is 1.56. The highest BCUT2D eigenvalue weighted by atomic mass is 35.5. The second-order valence-corrected chi connectivity index (χ2v) is 7.22. The summed E-state index contributed by atoms with van der Waals surface area (Å²) in [6, 6.07) is 20.8. The van der Waals surface area contributed by atoms with E-state index in [1.165, 1.54) is 0 Å². The molecule has 0 saturated heterocycles. The molecule has 2 amide bonds. The zero-order valence-corrected chi connectivity index (χ0v) is 18.0. The number of amides is 2. The lowest BCUT2D eigenvalue weighted by atomic mass is 10.1. The summed E-state index contributed by atoms with van der Waals surface area (Å²) in [4.78, 5) is 24.6. The zero-order chi connectivity index (χ0) is 22.2. The highest BCUT2D eigenvalue weighted by Crippen LogP contribution is 2.23. The Bertz CT molecular complexity index is 1050. The van der Waals surface area contributed by atoms with Gasteiger partial charge in [0.1, 0.15) is 11.5 Å². The monoisotopic (exact) mass is 438 g/mol. The van der Waals surface area contributed by atoms with Crippen LogP contribution in [0.5, 0.6) is 11.5 Å². The molecule has 0 aromatic heterocycles. The Hall–Kier alpha value is -3.51. The summed E-state index contributed by atoms with van der Waals surface area (Å²) in [5.74, 6) is 0.603. The van der Waals surface area contributed by atoms with E-state index in [1.54, 1.807) is 61.7 Å². The fraction of sp³-hybridized carbons (Fsp3) is 0.167. The molecule has 31 heavy (non-hydrogen) atoms. The van der Waals surface area contributed by atoms with Gasteiger partial charge in [-0.3, -0.25) is 9.59 Å². The maximum atomic E-state index is 12.5. The van der Waals surface area contributed by atoms with Gasteiger partial charge in [-0.05, 0) is 55.0 Å². The van der Waals surface area contributed by atoms with Gasteiger partial charge in [0.15, 0.2) is 6.61 Å². The molecule has 0 fully saturated rings. The minimum absolute atomic E-state index is 0.160. The fourth-order valence-corrected chi connectivity index (χ4v) is 3.23. The van der Waals surface area contributed by atoms with Gasteiger partial charge in [0, 0.05) is 22.3 Å². The second-order valence-electron chi connectivity index (χ2n) is 6.81. The molecular formula is C24H23ClN2O4. The normalized spacial score (nSPS) is 11.3. The SMILES string of the molecule is COc1cccc(NC(=O)COc2ccc(C(=O)NC(C)c3ccccc3Cl)cc2)c1. The number of hydrogen-bond acceptors (Lipinski definition) is 4. The van der Waals surface area contributed by atoms with Gasteiger partial charge in [-0.2, -0.15) is 0 Å². The van der Waals surface area contributed by atoms with Crippen LogP contribution in [-0.4, -0.2) is 25.5 Å². The van der Waals surface area contributed by atoms with E-state index in [2.05, 4.69) is 10.6 Å². The number of carbonyl (C=O) groups excluding carboxylic acids is 2. The topological polar surface area (TPSA) is 76.7 Å². The van der Waals surface area contributed by atoms with Crippen molar-refractivity contribution in [2.75, 3.05) is 19.0 Å². The first-order chi connectivity index (χ1) is 15.0.